The van der Waals surface area contributed by atoms with Gasteiger partial charge in [-0.2, -0.15) is 0 Å². The van der Waals surface area contributed by atoms with Gasteiger partial charge in [0.2, 0.25) is 0 Å². The van der Waals surface area contributed by atoms with E-state index in [2.05, 4.69) is 27.7 Å². The van der Waals surface area contributed by atoms with Gasteiger partial charge in [0.25, 0.3) is 0 Å². The van der Waals surface area contributed by atoms with E-state index in [1.807, 2.05) is 0 Å². The molecule has 0 aromatic carbocycles. The first-order valence-electron chi connectivity index (χ1n) is 10.0. The maximum absolute atomic E-state index is 6.29. The molecule has 24 heavy (non-hydrogen) atoms. The van der Waals surface area contributed by atoms with Gasteiger partial charge in [0.15, 0.2) is 11.6 Å². The highest BCUT2D eigenvalue weighted by Gasteiger charge is 2.52. The van der Waals surface area contributed by atoms with Gasteiger partial charge >= 0.3 is 0 Å². The van der Waals surface area contributed by atoms with Gasteiger partial charge in [0, 0.05) is 36.5 Å². The Balaban J connectivity index is 1.55. The molecule has 0 N–H and O–H groups in total. The molecule has 0 bridgehead atoms. The maximum Gasteiger partial charge on any atom is 0.168 e. The van der Waals surface area contributed by atoms with E-state index in [0.717, 1.165) is 77.8 Å². The molecule has 3 fully saturated rings. The van der Waals surface area contributed by atoms with Crippen LogP contribution in [-0.4, -0.2) is 38.0 Å². The van der Waals surface area contributed by atoms with E-state index >= 15 is 0 Å². The van der Waals surface area contributed by atoms with Crippen LogP contribution in [0.4, 0.5) is 0 Å². The molecule has 2 spiro atoms. The molecule has 2 aliphatic heterocycles. The highest BCUT2D eigenvalue weighted by molar-refractivity contribution is 4.93. The maximum atomic E-state index is 6.29. The fourth-order valence-corrected chi connectivity index (χ4v) is 4.21. The summed E-state index contributed by atoms with van der Waals surface area (Å²) >= 11 is 0. The van der Waals surface area contributed by atoms with Crippen molar-refractivity contribution in [2.24, 2.45) is 10.8 Å². The molecule has 0 aromatic heterocycles. The molecule has 0 radical (unpaired) electrons. The van der Waals surface area contributed by atoms with Gasteiger partial charge in [0.1, 0.15) is 0 Å². The van der Waals surface area contributed by atoms with Crippen molar-refractivity contribution >= 4 is 0 Å². The molecular weight excluding hydrogens is 304 g/mol. The largest absolute Gasteiger partial charge is 0.349 e. The van der Waals surface area contributed by atoms with E-state index in [1.54, 1.807) is 0 Å². The minimum Gasteiger partial charge on any atom is -0.349 e. The zero-order valence-electron chi connectivity index (χ0n) is 16.1. The van der Waals surface area contributed by atoms with Crippen molar-refractivity contribution in [3.05, 3.63) is 0 Å². The Morgan fingerprint density at radius 2 is 0.750 bits per heavy atom. The smallest absolute Gasteiger partial charge is 0.168 e. The third kappa shape index (κ3) is 3.27. The third-order valence-corrected chi connectivity index (χ3v) is 7.34. The first-order valence-corrected chi connectivity index (χ1v) is 10.0. The van der Waals surface area contributed by atoms with Crippen molar-refractivity contribution in [3.63, 3.8) is 0 Å². The number of hydrogen-bond donors (Lipinski definition) is 0. The Labute approximate surface area is 147 Å². The molecule has 1 saturated carbocycles. The van der Waals surface area contributed by atoms with Crippen LogP contribution in [-0.2, 0) is 18.9 Å². The van der Waals surface area contributed by atoms with Crippen LogP contribution in [0, 0.1) is 10.8 Å². The fraction of sp³-hybridized carbons (Fsp3) is 1.00. The van der Waals surface area contributed by atoms with Crippen LogP contribution >= 0.6 is 0 Å². The van der Waals surface area contributed by atoms with Crippen molar-refractivity contribution in [1.82, 2.24) is 0 Å². The minimum absolute atomic E-state index is 0.208. The van der Waals surface area contributed by atoms with Crippen molar-refractivity contribution < 1.29 is 18.9 Å². The molecule has 4 heteroatoms. The molecule has 0 amide bonds. The van der Waals surface area contributed by atoms with Gasteiger partial charge < -0.3 is 18.9 Å². The normalized spacial score (nSPS) is 30.5. The Kier molecular flexibility index (Phi) is 5.33. The summed E-state index contributed by atoms with van der Waals surface area (Å²) in [6.45, 7) is 12.2. The lowest BCUT2D eigenvalue weighted by atomic mass is 9.80. The first kappa shape index (κ1) is 18.6. The number of hydrogen-bond acceptors (Lipinski definition) is 4. The highest BCUT2D eigenvalue weighted by Crippen LogP contribution is 2.48. The van der Waals surface area contributed by atoms with Gasteiger partial charge in [-0.25, -0.2) is 0 Å². The molecule has 0 atom stereocenters. The highest BCUT2D eigenvalue weighted by atomic mass is 16.7. The monoisotopic (exact) mass is 340 g/mol. The SMILES string of the molecule is CCC1(CC)COC2(CCC3(CC2)OCC(CC)(CC)CO3)OC1. The molecule has 4 nitrogen and oxygen atoms in total. The summed E-state index contributed by atoms with van der Waals surface area (Å²) in [5.41, 5.74) is 0.417. The molecule has 1 aliphatic carbocycles. The molecule has 0 aromatic rings. The summed E-state index contributed by atoms with van der Waals surface area (Å²) in [7, 11) is 0. The Hall–Kier alpha value is -0.160. The second-order valence-electron chi connectivity index (χ2n) is 8.39. The summed E-state index contributed by atoms with van der Waals surface area (Å²) in [5, 5.41) is 0. The second-order valence-corrected chi connectivity index (χ2v) is 8.39. The quantitative estimate of drug-likeness (QED) is 0.746. The summed E-state index contributed by atoms with van der Waals surface area (Å²) < 4.78 is 25.2. The van der Waals surface area contributed by atoms with E-state index in [1.165, 1.54) is 0 Å². The predicted octanol–water partition coefficient (Wildman–Crippen LogP) is 4.66. The van der Waals surface area contributed by atoms with E-state index < -0.39 is 11.6 Å². The molecular formula is C20H36O4. The van der Waals surface area contributed by atoms with E-state index in [-0.39, 0.29) is 10.8 Å². The number of rotatable bonds is 4. The van der Waals surface area contributed by atoms with Crippen LogP contribution in [0.2, 0.25) is 0 Å². The summed E-state index contributed by atoms with van der Waals surface area (Å²) in [4.78, 5) is 0. The molecule has 2 heterocycles. The van der Waals surface area contributed by atoms with Crippen LogP contribution in [0.5, 0.6) is 0 Å². The van der Waals surface area contributed by atoms with Gasteiger partial charge in [-0.1, -0.05) is 27.7 Å². The zero-order chi connectivity index (χ0) is 17.3. The Morgan fingerprint density at radius 1 is 0.500 bits per heavy atom. The van der Waals surface area contributed by atoms with Crippen molar-refractivity contribution in [3.8, 4) is 0 Å². The van der Waals surface area contributed by atoms with E-state index in [0.29, 0.717) is 0 Å². The Morgan fingerprint density at radius 3 is 0.958 bits per heavy atom. The average molecular weight is 341 g/mol. The molecule has 140 valence electrons. The molecule has 3 aliphatic rings. The standard InChI is InChI=1S/C20H36O4/c1-5-17(6-2)13-21-19(22-14-17)9-11-20(12-10-19)23-15-18(7-3,8-4)16-24-20/h5-16H2,1-4H3. The third-order valence-electron chi connectivity index (χ3n) is 7.34. The van der Waals surface area contributed by atoms with Crippen LogP contribution < -0.4 is 0 Å². The van der Waals surface area contributed by atoms with Gasteiger partial charge in [-0.15, -0.1) is 0 Å². The summed E-state index contributed by atoms with van der Waals surface area (Å²) in [6.07, 6.45) is 7.97. The van der Waals surface area contributed by atoms with Crippen molar-refractivity contribution in [2.45, 2.75) is 90.6 Å². The van der Waals surface area contributed by atoms with Gasteiger partial charge in [0.05, 0.1) is 26.4 Å². The van der Waals surface area contributed by atoms with Crippen LogP contribution in [0.3, 0.4) is 0 Å². The molecule has 2 saturated heterocycles. The minimum atomic E-state index is -0.393. The Bertz CT molecular complexity index is 353. The lowest BCUT2D eigenvalue weighted by Gasteiger charge is -2.53. The second kappa shape index (κ2) is 6.86. The average Bonchev–Trinajstić information content (AvgIpc) is 2.67. The van der Waals surface area contributed by atoms with E-state index in [9.17, 15) is 0 Å². The lowest BCUT2D eigenvalue weighted by Crippen LogP contribution is -2.57. The van der Waals surface area contributed by atoms with Crippen molar-refractivity contribution in [1.29, 1.82) is 0 Å². The van der Waals surface area contributed by atoms with Crippen LogP contribution in [0.15, 0.2) is 0 Å². The van der Waals surface area contributed by atoms with Gasteiger partial charge in [-0.3, -0.25) is 0 Å². The van der Waals surface area contributed by atoms with Crippen LogP contribution in [0.1, 0.15) is 79.1 Å². The summed E-state index contributed by atoms with van der Waals surface area (Å²) in [6, 6.07) is 0. The summed E-state index contributed by atoms with van der Waals surface area (Å²) in [5.74, 6) is -0.786. The topological polar surface area (TPSA) is 36.9 Å². The fourth-order valence-electron chi connectivity index (χ4n) is 4.21. The van der Waals surface area contributed by atoms with Crippen LogP contribution in [0.25, 0.3) is 0 Å². The predicted molar refractivity (Wildman–Crippen MR) is 93.8 cm³/mol. The number of ether oxygens (including phenoxy) is 4. The van der Waals surface area contributed by atoms with Crippen molar-refractivity contribution in [2.75, 3.05) is 26.4 Å². The van der Waals surface area contributed by atoms with E-state index in [4.69, 9.17) is 18.9 Å². The molecule has 0 unspecified atom stereocenters. The molecule has 3 rings (SSSR count). The van der Waals surface area contributed by atoms with Gasteiger partial charge in [-0.05, 0) is 25.7 Å². The first-order chi connectivity index (χ1) is 11.5. The lowest BCUT2D eigenvalue weighted by molar-refractivity contribution is -0.368. The zero-order valence-corrected chi connectivity index (χ0v) is 16.1.